The van der Waals surface area contributed by atoms with Crippen LogP contribution in [0.5, 0.6) is 0 Å². The van der Waals surface area contributed by atoms with Crippen LogP contribution >= 0.6 is 0 Å². The maximum atomic E-state index is 12.7. The molecule has 1 unspecified atom stereocenters. The highest BCUT2D eigenvalue weighted by atomic mass is 16.5. The summed E-state index contributed by atoms with van der Waals surface area (Å²) >= 11 is 0. The second-order valence-corrected chi connectivity index (χ2v) is 11.0. The quantitative estimate of drug-likeness (QED) is 0.608. The van der Waals surface area contributed by atoms with Gasteiger partial charge >= 0.3 is 12.1 Å². The number of hydrogen-bond acceptors (Lipinski definition) is 3. The molecule has 2 N–H and O–H groups in total. The van der Waals surface area contributed by atoms with Gasteiger partial charge in [-0.25, -0.2) is 9.59 Å². The molecule has 0 heterocycles. The van der Waals surface area contributed by atoms with Gasteiger partial charge in [0.2, 0.25) is 0 Å². The van der Waals surface area contributed by atoms with Crippen LogP contribution in [0.15, 0.2) is 48.5 Å². The number of ether oxygens (including phenoxy) is 1. The van der Waals surface area contributed by atoms with Crippen molar-refractivity contribution in [3.63, 3.8) is 0 Å². The van der Waals surface area contributed by atoms with E-state index in [9.17, 15) is 14.7 Å². The van der Waals surface area contributed by atoms with E-state index < -0.39 is 18.1 Å². The van der Waals surface area contributed by atoms with Crippen molar-refractivity contribution in [2.75, 3.05) is 6.61 Å². The number of carbonyl (C=O) groups is 2. The van der Waals surface area contributed by atoms with Crippen LogP contribution in [0.1, 0.15) is 62.0 Å². The summed E-state index contributed by atoms with van der Waals surface area (Å²) in [4.78, 5) is 24.8. The highest BCUT2D eigenvalue weighted by molar-refractivity contribution is 5.81. The fourth-order valence-electron chi connectivity index (χ4n) is 7.96. The van der Waals surface area contributed by atoms with Crippen LogP contribution in [0.4, 0.5) is 4.79 Å². The van der Waals surface area contributed by atoms with Gasteiger partial charge in [0, 0.05) is 5.92 Å². The Balaban J connectivity index is 1.13. The van der Waals surface area contributed by atoms with Crippen molar-refractivity contribution < 1.29 is 19.4 Å². The highest BCUT2D eigenvalue weighted by Crippen LogP contribution is 2.61. The summed E-state index contributed by atoms with van der Waals surface area (Å²) in [6.45, 7) is 0.198. The third-order valence-corrected chi connectivity index (χ3v) is 8.74. The van der Waals surface area contributed by atoms with Gasteiger partial charge in [0.1, 0.15) is 12.6 Å². The number of carboxylic acids is 1. The second-order valence-electron chi connectivity index (χ2n) is 11.0. The number of carbonyl (C=O) groups excluding carboxylic acids is 1. The molecule has 5 nitrogen and oxygen atoms in total. The van der Waals surface area contributed by atoms with Gasteiger partial charge in [0.15, 0.2) is 0 Å². The third kappa shape index (κ3) is 3.71. The molecular formula is C28H31NO4. The predicted octanol–water partition coefficient (Wildman–Crippen LogP) is 5.58. The Morgan fingerprint density at radius 3 is 1.94 bits per heavy atom. The molecule has 0 spiro atoms. The number of nitrogens with one attached hydrogen (secondary N) is 1. The lowest BCUT2D eigenvalue weighted by atomic mass is 9.48. The lowest BCUT2D eigenvalue weighted by Gasteiger charge is -2.57. The van der Waals surface area contributed by atoms with Crippen molar-refractivity contribution in [1.29, 1.82) is 0 Å². The Morgan fingerprint density at radius 1 is 0.909 bits per heavy atom. The van der Waals surface area contributed by atoms with E-state index in [0.29, 0.717) is 6.42 Å². The Morgan fingerprint density at radius 2 is 1.42 bits per heavy atom. The minimum absolute atomic E-state index is 0.0328. The molecule has 0 aromatic heterocycles. The summed E-state index contributed by atoms with van der Waals surface area (Å²) in [5.74, 6) is 1.26. The van der Waals surface area contributed by atoms with Crippen LogP contribution in [-0.4, -0.2) is 29.8 Å². The molecule has 33 heavy (non-hydrogen) atoms. The minimum atomic E-state index is -0.959. The van der Waals surface area contributed by atoms with Gasteiger partial charge in [-0.2, -0.15) is 0 Å². The zero-order valence-corrected chi connectivity index (χ0v) is 18.8. The van der Waals surface area contributed by atoms with Crippen LogP contribution in [0.3, 0.4) is 0 Å². The van der Waals surface area contributed by atoms with E-state index in [0.717, 1.165) is 48.1 Å². The van der Waals surface area contributed by atoms with Crippen LogP contribution in [0, 0.1) is 23.2 Å². The Labute approximate surface area is 194 Å². The number of benzene rings is 2. The zero-order valence-electron chi connectivity index (χ0n) is 18.8. The van der Waals surface area contributed by atoms with Crippen LogP contribution in [0.2, 0.25) is 0 Å². The van der Waals surface area contributed by atoms with Crippen molar-refractivity contribution in [3.8, 4) is 11.1 Å². The van der Waals surface area contributed by atoms with E-state index in [1.807, 2.05) is 24.3 Å². The van der Waals surface area contributed by atoms with Gasteiger partial charge in [0.05, 0.1) is 0 Å². The second kappa shape index (κ2) is 7.89. The number of aliphatic carboxylic acids is 1. The summed E-state index contributed by atoms with van der Waals surface area (Å²) in [5, 5.41) is 12.6. The highest BCUT2D eigenvalue weighted by Gasteiger charge is 2.52. The van der Waals surface area contributed by atoms with E-state index in [-0.39, 0.29) is 17.9 Å². The Bertz CT molecular complexity index is 1010. The molecule has 4 fully saturated rings. The first-order chi connectivity index (χ1) is 16.0. The van der Waals surface area contributed by atoms with Gasteiger partial charge in [-0.3, -0.25) is 0 Å². The van der Waals surface area contributed by atoms with Gasteiger partial charge in [-0.15, -0.1) is 0 Å². The molecule has 5 heteroatoms. The Hall–Kier alpha value is -2.82. The first-order valence-corrected chi connectivity index (χ1v) is 12.3. The van der Waals surface area contributed by atoms with Crippen LogP contribution < -0.4 is 5.32 Å². The van der Waals surface area contributed by atoms with Crippen molar-refractivity contribution >= 4 is 12.1 Å². The summed E-state index contributed by atoms with van der Waals surface area (Å²) in [5.41, 5.74) is 4.72. The molecular weight excluding hydrogens is 414 g/mol. The van der Waals surface area contributed by atoms with Crippen LogP contribution in [-0.2, 0) is 9.53 Å². The normalized spacial score (nSPS) is 29.9. The molecule has 1 atom stereocenters. The third-order valence-electron chi connectivity index (χ3n) is 8.74. The first-order valence-electron chi connectivity index (χ1n) is 12.3. The van der Waals surface area contributed by atoms with E-state index in [4.69, 9.17) is 4.74 Å². The van der Waals surface area contributed by atoms with Gasteiger partial charge in [-0.05, 0) is 90.4 Å². The minimum Gasteiger partial charge on any atom is -0.480 e. The summed E-state index contributed by atoms with van der Waals surface area (Å²) < 4.78 is 5.63. The molecule has 1 amide bonds. The molecule has 172 valence electrons. The molecule has 0 aliphatic heterocycles. The maximum absolute atomic E-state index is 12.7. The Kier molecular flexibility index (Phi) is 4.97. The number of fused-ring (bicyclic) bond motifs is 3. The number of hydrogen-bond donors (Lipinski definition) is 2. The fraction of sp³-hybridized carbons (Fsp3) is 0.500. The molecule has 7 rings (SSSR count). The van der Waals surface area contributed by atoms with E-state index >= 15 is 0 Å². The number of carboxylic acid groups (broad SMARTS) is 1. The van der Waals surface area contributed by atoms with Crippen molar-refractivity contribution in [2.45, 2.75) is 56.9 Å². The lowest BCUT2D eigenvalue weighted by molar-refractivity contribution is -0.142. The molecule has 4 bridgehead atoms. The number of rotatable bonds is 6. The SMILES string of the molecule is O=C(NC(CC12CC3CC(CC(C3)C1)C2)C(=O)O)OCC1c2ccccc2-c2ccccc21. The zero-order chi connectivity index (χ0) is 22.6. The number of amides is 1. The fourth-order valence-corrected chi connectivity index (χ4v) is 7.96. The maximum Gasteiger partial charge on any atom is 0.407 e. The van der Waals surface area contributed by atoms with Gasteiger partial charge in [-0.1, -0.05) is 48.5 Å². The average Bonchev–Trinajstić information content (AvgIpc) is 3.10. The summed E-state index contributed by atoms with van der Waals surface area (Å²) in [6, 6.07) is 15.5. The molecule has 4 saturated carbocycles. The van der Waals surface area contributed by atoms with E-state index in [1.165, 1.54) is 30.4 Å². The first kappa shape index (κ1) is 20.8. The van der Waals surface area contributed by atoms with Crippen molar-refractivity contribution in [2.24, 2.45) is 23.2 Å². The standard InChI is InChI=1S/C28H31NO4/c30-26(31)25(15-28-12-17-9-18(13-28)11-19(10-17)14-28)29-27(32)33-16-24-22-7-3-1-5-20(22)21-6-2-4-8-23(21)24/h1-8,17-19,24-25H,9-16H2,(H,29,32)(H,30,31). The topological polar surface area (TPSA) is 75.6 Å². The largest absolute Gasteiger partial charge is 0.480 e. The molecule has 0 saturated heterocycles. The van der Waals surface area contributed by atoms with Crippen molar-refractivity contribution in [1.82, 2.24) is 5.32 Å². The number of alkyl carbamates (subject to hydrolysis) is 1. The van der Waals surface area contributed by atoms with E-state index in [2.05, 4.69) is 29.6 Å². The average molecular weight is 446 g/mol. The van der Waals surface area contributed by atoms with Crippen molar-refractivity contribution in [3.05, 3.63) is 59.7 Å². The lowest BCUT2D eigenvalue weighted by Crippen LogP contribution is -2.51. The molecule has 2 aromatic rings. The smallest absolute Gasteiger partial charge is 0.407 e. The molecule has 5 aliphatic rings. The molecule has 5 aliphatic carbocycles. The molecule has 0 radical (unpaired) electrons. The van der Waals surface area contributed by atoms with Gasteiger partial charge in [0.25, 0.3) is 0 Å². The van der Waals surface area contributed by atoms with E-state index in [1.54, 1.807) is 0 Å². The predicted molar refractivity (Wildman–Crippen MR) is 125 cm³/mol. The summed E-state index contributed by atoms with van der Waals surface area (Å²) in [6.07, 6.45) is 7.20. The monoisotopic (exact) mass is 445 g/mol. The van der Waals surface area contributed by atoms with Crippen LogP contribution in [0.25, 0.3) is 11.1 Å². The van der Waals surface area contributed by atoms with Gasteiger partial charge < -0.3 is 15.2 Å². The molecule has 2 aromatic carbocycles. The summed E-state index contributed by atoms with van der Waals surface area (Å²) in [7, 11) is 0.